The molecule has 0 aliphatic heterocycles. The van der Waals surface area contributed by atoms with E-state index < -0.39 is 15.9 Å². The Labute approximate surface area is 98.6 Å². The van der Waals surface area contributed by atoms with Gasteiger partial charge in [0.05, 0.1) is 11.9 Å². The zero-order valence-electron chi connectivity index (χ0n) is 7.94. The highest BCUT2D eigenvalue weighted by Crippen LogP contribution is 2.26. The Kier molecular flexibility index (Phi) is 4.00. The Bertz CT molecular complexity index is 456. The van der Waals surface area contributed by atoms with Crippen LogP contribution in [0.1, 0.15) is 11.7 Å². The summed E-state index contributed by atoms with van der Waals surface area (Å²) in [6.07, 6.45) is -0.0650. The molecule has 0 amide bonds. The van der Waals surface area contributed by atoms with Crippen LogP contribution >= 0.6 is 23.2 Å². The average Bonchev–Trinajstić information content (AvgIpc) is 1.99. The minimum Gasteiger partial charge on any atom is -0.387 e. The summed E-state index contributed by atoms with van der Waals surface area (Å²) in [6, 6.07) is 4.53. The standard InChI is InChI=1S/C9H10Cl2O3S/c1-15(13,14)5-9(12)7-3-2-6(10)4-8(7)11/h2-4,9,12H,5H2,1H3/t9-/m0/s1. The third kappa shape index (κ3) is 3.99. The molecule has 15 heavy (non-hydrogen) atoms. The van der Waals surface area contributed by atoms with E-state index >= 15 is 0 Å². The molecule has 6 heteroatoms. The van der Waals surface area contributed by atoms with Crippen molar-refractivity contribution in [2.45, 2.75) is 6.10 Å². The first-order chi connectivity index (χ1) is 6.79. The van der Waals surface area contributed by atoms with E-state index in [-0.39, 0.29) is 10.8 Å². The molecular weight excluding hydrogens is 259 g/mol. The van der Waals surface area contributed by atoms with Crippen molar-refractivity contribution in [3.63, 3.8) is 0 Å². The van der Waals surface area contributed by atoms with E-state index in [1.54, 1.807) is 6.07 Å². The fraction of sp³-hybridized carbons (Fsp3) is 0.333. The van der Waals surface area contributed by atoms with Crippen molar-refractivity contribution in [1.82, 2.24) is 0 Å². The molecule has 1 aromatic rings. The molecule has 0 aliphatic rings. The van der Waals surface area contributed by atoms with Crippen LogP contribution in [-0.4, -0.2) is 25.5 Å². The van der Waals surface area contributed by atoms with Gasteiger partial charge in [0.15, 0.2) is 0 Å². The van der Waals surface area contributed by atoms with E-state index in [0.29, 0.717) is 10.6 Å². The Hall–Kier alpha value is -0.290. The van der Waals surface area contributed by atoms with Gasteiger partial charge in [-0.15, -0.1) is 0 Å². The fourth-order valence-electron chi connectivity index (χ4n) is 1.15. The van der Waals surface area contributed by atoms with Gasteiger partial charge in [0.25, 0.3) is 0 Å². The number of aliphatic hydroxyl groups excluding tert-OH is 1. The van der Waals surface area contributed by atoms with Crippen LogP contribution in [0.25, 0.3) is 0 Å². The van der Waals surface area contributed by atoms with Crippen LogP contribution in [0.3, 0.4) is 0 Å². The molecule has 0 saturated carbocycles. The van der Waals surface area contributed by atoms with Crippen LogP contribution in [-0.2, 0) is 9.84 Å². The SMILES string of the molecule is CS(=O)(=O)C[C@H](O)c1ccc(Cl)cc1Cl. The Balaban J connectivity index is 2.97. The van der Waals surface area contributed by atoms with Gasteiger partial charge in [-0.2, -0.15) is 0 Å². The zero-order chi connectivity index (χ0) is 11.6. The number of aliphatic hydroxyl groups is 1. The van der Waals surface area contributed by atoms with Crippen molar-refractivity contribution < 1.29 is 13.5 Å². The first-order valence-electron chi connectivity index (χ1n) is 4.10. The van der Waals surface area contributed by atoms with Crippen LogP contribution in [0.4, 0.5) is 0 Å². The summed E-state index contributed by atoms with van der Waals surface area (Å²) < 4.78 is 21.9. The van der Waals surface area contributed by atoms with E-state index in [2.05, 4.69) is 0 Å². The van der Waals surface area contributed by atoms with Crippen LogP contribution < -0.4 is 0 Å². The van der Waals surface area contributed by atoms with E-state index in [9.17, 15) is 13.5 Å². The quantitative estimate of drug-likeness (QED) is 0.913. The highest BCUT2D eigenvalue weighted by Gasteiger charge is 2.17. The van der Waals surface area contributed by atoms with Crippen LogP contribution in [0, 0.1) is 0 Å². The number of sulfone groups is 1. The Morgan fingerprint density at radius 2 is 2.00 bits per heavy atom. The lowest BCUT2D eigenvalue weighted by Gasteiger charge is -2.11. The maximum atomic E-state index is 11.0. The third-order valence-corrected chi connectivity index (χ3v) is 3.27. The summed E-state index contributed by atoms with van der Waals surface area (Å²) in [4.78, 5) is 0. The van der Waals surface area contributed by atoms with Crippen molar-refractivity contribution >= 4 is 33.0 Å². The van der Waals surface area contributed by atoms with Crippen molar-refractivity contribution in [1.29, 1.82) is 0 Å². The number of hydrogen-bond acceptors (Lipinski definition) is 3. The second kappa shape index (κ2) is 4.70. The molecule has 0 unspecified atom stereocenters. The molecule has 1 rings (SSSR count). The largest absolute Gasteiger partial charge is 0.387 e. The Morgan fingerprint density at radius 3 is 2.47 bits per heavy atom. The summed E-state index contributed by atoms with van der Waals surface area (Å²) in [5.74, 6) is -0.353. The van der Waals surface area contributed by atoms with Crippen molar-refractivity contribution in [2.75, 3.05) is 12.0 Å². The van der Waals surface area contributed by atoms with Gasteiger partial charge in [-0.1, -0.05) is 29.3 Å². The van der Waals surface area contributed by atoms with Crippen molar-refractivity contribution in [3.8, 4) is 0 Å². The topological polar surface area (TPSA) is 54.4 Å². The summed E-state index contributed by atoms with van der Waals surface area (Å²) >= 11 is 11.5. The van der Waals surface area contributed by atoms with Crippen LogP contribution in [0.15, 0.2) is 18.2 Å². The molecule has 0 fully saturated rings. The maximum absolute atomic E-state index is 11.0. The molecule has 0 heterocycles. The molecule has 0 bridgehead atoms. The van der Waals surface area contributed by atoms with Gasteiger partial charge in [-0.3, -0.25) is 0 Å². The van der Waals surface area contributed by atoms with Gasteiger partial charge < -0.3 is 5.11 Å². The fourth-order valence-corrected chi connectivity index (χ4v) is 2.44. The Morgan fingerprint density at radius 1 is 1.40 bits per heavy atom. The molecule has 0 aromatic heterocycles. The first-order valence-corrected chi connectivity index (χ1v) is 6.92. The van der Waals surface area contributed by atoms with Crippen molar-refractivity contribution in [2.24, 2.45) is 0 Å². The van der Waals surface area contributed by atoms with E-state index in [4.69, 9.17) is 23.2 Å². The van der Waals surface area contributed by atoms with E-state index in [1.807, 2.05) is 0 Å². The van der Waals surface area contributed by atoms with Gasteiger partial charge in [0.1, 0.15) is 9.84 Å². The van der Waals surface area contributed by atoms with Gasteiger partial charge in [-0.05, 0) is 12.1 Å². The zero-order valence-corrected chi connectivity index (χ0v) is 10.3. The van der Waals surface area contributed by atoms with E-state index in [1.165, 1.54) is 12.1 Å². The molecule has 3 nitrogen and oxygen atoms in total. The number of rotatable bonds is 3. The lowest BCUT2D eigenvalue weighted by molar-refractivity contribution is 0.202. The number of hydrogen-bond donors (Lipinski definition) is 1. The second-order valence-corrected chi connectivity index (χ2v) is 6.30. The lowest BCUT2D eigenvalue weighted by atomic mass is 10.1. The molecule has 0 aliphatic carbocycles. The number of benzene rings is 1. The average molecular weight is 269 g/mol. The third-order valence-electron chi connectivity index (χ3n) is 1.78. The molecule has 1 atom stereocenters. The van der Waals surface area contributed by atoms with E-state index in [0.717, 1.165) is 6.26 Å². The van der Waals surface area contributed by atoms with Crippen LogP contribution in [0.5, 0.6) is 0 Å². The monoisotopic (exact) mass is 268 g/mol. The van der Waals surface area contributed by atoms with Crippen LogP contribution in [0.2, 0.25) is 10.0 Å². The molecule has 84 valence electrons. The first kappa shape index (κ1) is 12.8. The lowest BCUT2D eigenvalue weighted by Crippen LogP contribution is -2.13. The molecule has 1 N–H and O–H groups in total. The molecule has 0 saturated heterocycles. The molecular formula is C9H10Cl2O3S. The second-order valence-electron chi connectivity index (χ2n) is 3.27. The summed E-state index contributed by atoms with van der Waals surface area (Å²) in [7, 11) is -3.24. The highest BCUT2D eigenvalue weighted by molar-refractivity contribution is 7.90. The predicted molar refractivity (Wildman–Crippen MR) is 61.1 cm³/mol. The van der Waals surface area contributed by atoms with Gasteiger partial charge in [0, 0.05) is 21.9 Å². The summed E-state index contributed by atoms with van der Waals surface area (Å²) in [5, 5.41) is 10.3. The predicted octanol–water partition coefficient (Wildman–Crippen LogP) is 2.07. The van der Waals surface area contributed by atoms with Gasteiger partial charge in [0.2, 0.25) is 0 Å². The summed E-state index contributed by atoms with van der Waals surface area (Å²) in [6.45, 7) is 0. The smallest absolute Gasteiger partial charge is 0.150 e. The van der Waals surface area contributed by atoms with Crippen molar-refractivity contribution in [3.05, 3.63) is 33.8 Å². The minimum atomic E-state index is -3.24. The number of halogens is 2. The molecule has 0 spiro atoms. The molecule has 1 aromatic carbocycles. The van der Waals surface area contributed by atoms with Gasteiger partial charge >= 0.3 is 0 Å². The minimum absolute atomic E-state index is 0.263. The highest BCUT2D eigenvalue weighted by atomic mass is 35.5. The van der Waals surface area contributed by atoms with Gasteiger partial charge in [-0.25, -0.2) is 8.42 Å². The summed E-state index contributed by atoms with van der Waals surface area (Å²) in [5.41, 5.74) is 0.367. The molecule has 0 radical (unpaired) electrons. The normalized spacial score (nSPS) is 13.9. The maximum Gasteiger partial charge on any atom is 0.150 e.